The van der Waals surface area contributed by atoms with E-state index in [0.29, 0.717) is 6.54 Å². The first-order valence-electron chi connectivity index (χ1n) is 7.23. The van der Waals surface area contributed by atoms with E-state index in [0.717, 1.165) is 31.4 Å². The minimum atomic E-state index is -0.377. The fourth-order valence-corrected chi connectivity index (χ4v) is 3.16. The molecule has 1 N–H and O–H groups in total. The molecule has 108 valence electrons. The number of carbonyl (C=O) groups excluding carboxylic acids is 2. The Balaban J connectivity index is 1.62. The van der Waals surface area contributed by atoms with E-state index in [9.17, 15) is 9.59 Å². The summed E-state index contributed by atoms with van der Waals surface area (Å²) in [5.74, 6) is -0.0755. The standard InChI is InChI=1S/C14H20N4O2/c1-17-11(6-7-16-17)9-15-12-8-13(19)18(14(12)20)10-4-2-3-5-10/h6-7,10,12,15H,2-5,8-9H2,1H3. The first-order chi connectivity index (χ1) is 9.66. The lowest BCUT2D eigenvalue weighted by Gasteiger charge is -2.22. The van der Waals surface area contributed by atoms with Gasteiger partial charge in [0.1, 0.15) is 0 Å². The van der Waals surface area contributed by atoms with E-state index in [4.69, 9.17) is 0 Å². The highest BCUT2D eigenvalue weighted by Gasteiger charge is 2.42. The molecule has 2 amide bonds. The van der Waals surface area contributed by atoms with Crippen molar-refractivity contribution < 1.29 is 9.59 Å². The predicted molar refractivity (Wildman–Crippen MR) is 72.6 cm³/mol. The second kappa shape index (κ2) is 5.36. The maximum absolute atomic E-state index is 12.4. The Hall–Kier alpha value is -1.69. The van der Waals surface area contributed by atoms with Crippen molar-refractivity contribution in [3.05, 3.63) is 18.0 Å². The highest BCUT2D eigenvalue weighted by atomic mass is 16.2. The zero-order valence-corrected chi connectivity index (χ0v) is 11.7. The average Bonchev–Trinajstić information content (AvgIpc) is 3.10. The third-order valence-electron chi connectivity index (χ3n) is 4.32. The summed E-state index contributed by atoms with van der Waals surface area (Å²) in [6, 6.07) is 1.67. The van der Waals surface area contributed by atoms with Gasteiger partial charge in [-0.15, -0.1) is 0 Å². The van der Waals surface area contributed by atoms with Crippen molar-refractivity contribution in [1.82, 2.24) is 20.0 Å². The Labute approximate surface area is 118 Å². The Morgan fingerprint density at radius 3 is 2.75 bits per heavy atom. The minimum Gasteiger partial charge on any atom is -0.300 e. The van der Waals surface area contributed by atoms with Gasteiger partial charge >= 0.3 is 0 Å². The molecule has 6 nitrogen and oxygen atoms in total. The number of hydrogen-bond acceptors (Lipinski definition) is 4. The topological polar surface area (TPSA) is 67.2 Å². The quantitative estimate of drug-likeness (QED) is 0.817. The van der Waals surface area contributed by atoms with Gasteiger partial charge in [0.05, 0.1) is 18.2 Å². The molecule has 2 heterocycles. The first-order valence-corrected chi connectivity index (χ1v) is 7.23. The summed E-state index contributed by atoms with van der Waals surface area (Å²) in [6.45, 7) is 0.554. The molecule has 1 saturated carbocycles. The summed E-state index contributed by atoms with van der Waals surface area (Å²) in [5.41, 5.74) is 1.00. The predicted octanol–water partition coefficient (Wildman–Crippen LogP) is 0.580. The largest absolute Gasteiger partial charge is 0.300 e. The SMILES string of the molecule is Cn1nccc1CNC1CC(=O)N(C2CCCC2)C1=O. The van der Waals surface area contributed by atoms with Gasteiger partial charge in [0.25, 0.3) is 0 Å². The minimum absolute atomic E-state index is 0.0237. The third kappa shape index (κ3) is 2.35. The summed E-state index contributed by atoms with van der Waals surface area (Å²) in [6.07, 6.45) is 6.18. The van der Waals surface area contributed by atoms with Gasteiger partial charge in [0.15, 0.2) is 0 Å². The van der Waals surface area contributed by atoms with Crippen LogP contribution in [0.2, 0.25) is 0 Å². The molecule has 0 radical (unpaired) electrons. The average molecular weight is 276 g/mol. The number of aryl methyl sites for hydroxylation is 1. The molecule has 1 aromatic heterocycles. The van der Waals surface area contributed by atoms with Gasteiger partial charge in [0, 0.05) is 25.8 Å². The van der Waals surface area contributed by atoms with Gasteiger partial charge in [-0.3, -0.25) is 24.5 Å². The molecule has 2 fully saturated rings. The van der Waals surface area contributed by atoms with Gasteiger partial charge in [0.2, 0.25) is 11.8 Å². The molecule has 20 heavy (non-hydrogen) atoms. The fraction of sp³-hybridized carbons (Fsp3) is 0.643. The second-order valence-corrected chi connectivity index (χ2v) is 5.62. The number of carbonyl (C=O) groups is 2. The van der Waals surface area contributed by atoms with Gasteiger partial charge in [-0.05, 0) is 18.9 Å². The highest BCUT2D eigenvalue weighted by Crippen LogP contribution is 2.28. The van der Waals surface area contributed by atoms with Crippen LogP contribution in [0.15, 0.2) is 12.3 Å². The van der Waals surface area contributed by atoms with Crippen LogP contribution in [0.1, 0.15) is 37.8 Å². The molecule has 1 aliphatic heterocycles. The number of rotatable bonds is 4. The van der Waals surface area contributed by atoms with Crippen LogP contribution in [0.3, 0.4) is 0 Å². The first kappa shape index (κ1) is 13.3. The zero-order chi connectivity index (χ0) is 14.1. The van der Waals surface area contributed by atoms with Crippen LogP contribution < -0.4 is 5.32 Å². The number of nitrogens with one attached hydrogen (secondary N) is 1. The van der Waals surface area contributed by atoms with Crippen molar-refractivity contribution in [2.45, 2.75) is 50.7 Å². The van der Waals surface area contributed by atoms with Crippen LogP contribution in [0.5, 0.6) is 0 Å². The van der Waals surface area contributed by atoms with Gasteiger partial charge < -0.3 is 0 Å². The third-order valence-corrected chi connectivity index (χ3v) is 4.32. The van der Waals surface area contributed by atoms with E-state index < -0.39 is 0 Å². The van der Waals surface area contributed by atoms with Crippen LogP contribution in [0, 0.1) is 0 Å². The van der Waals surface area contributed by atoms with Crippen molar-refractivity contribution in [2.24, 2.45) is 7.05 Å². The molecule has 0 aromatic carbocycles. The molecule has 1 aromatic rings. The Morgan fingerprint density at radius 1 is 1.35 bits per heavy atom. The zero-order valence-electron chi connectivity index (χ0n) is 11.7. The molecule has 2 aliphatic rings. The van der Waals surface area contributed by atoms with Gasteiger partial charge in [-0.2, -0.15) is 5.10 Å². The maximum atomic E-state index is 12.4. The van der Waals surface area contributed by atoms with Crippen molar-refractivity contribution in [3.8, 4) is 0 Å². The number of likely N-dealkylation sites (tertiary alicyclic amines) is 1. The normalized spacial score (nSPS) is 24.1. The van der Waals surface area contributed by atoms with Crippen LogP contribution in [-0.4, -0.2) is 38.6 Å². The second-order valence-electron chi connectivity index (χ2n) is 5.62. The monoisotopic (exact) mass is 276 g/mol. The Kier molecular flexibility index (Phi) is 3.56. The highest BCUT2D eigenvalue weighted by molar-refractivity contribution is 6.05. The number of nitrogens with zero attached hydrogens (tertiary/aromatic N) is 3. The molecular formula is C14H20N4O2. The summed E-state index contributed by atoms with van der Waals surface area (Å²) in [7, 11) is 1.86. The molecule has 1 saturated heterocycles. The summed E-state index contributed by atoms with van der Waals surface area (Å²) < 4.78 is 1.77. The molecule has 0 spiro atoms. The van der Waals surface area contributed by atoms with Gasteiger partial charge in [-0.1, -0.05) is 12.8 Å². The molecule has 1 aliphatic carbocycles. The number of imide groups is 1. The van der Waals surface area contributed by atoms with Crippen LogP contribution in [0.4, 0.5) is 0 Å². The number of aromatic nitrogens is 2. The maximum Gasteiger partial charge on any atom is 0.247 e. The number of amides is 2. The lowest BCUT2D eigenvalue weighted by molar-refractivity contribution is -0.141. The fourth-order valence-electron chi connectivity index (χ4n) is 3.16. The van der Waals surface area contributed by atoms with Crippen molar-refractivity contribution in [1.29, 1.82) is 0 Å². The Morgan fingerprint density at radius 2 is 2.10 bits per heavy atom. The summed E-state index contributed by atoms with van der Waals surface area (Å²) in [5, 5.41) is 7.27. The van der Waals surface area contributed by atoms with E-state index in [1.165, 1.54) is 4.90 Å². The smallest absolute Gasteiger partial charge is 0.247 e. The molecular weight excluding hydrogens is 256 g/mol. The van der Waals surface area contributed by atoms with Crippen molar-refractivity contribution in [2.75, 3.05) is 0 Å². The Bertz CT molecular complexity index is 519. The van der Waals surface area contributed by atoms with Crippen LogP contribution in [-0.2, 0) is 23.2 Å². The van der Waals surface area contributed by atoms with Gasteiger partial charge in [-0.25, -0.2) is 0 Å². The van der Waals surface area contributed by atoms with Crippen molar-refractivity contribution in [3.63, 3.8) is 0 Å². The molecule has 6 heteroatoms. The lowest BCUT2D eigenvalue weighted by Crippen LogP contribution is -2.43. The van der Waals surface area contributed by atoms with Crippen molar-refractivity contribution >= 4 is 11.8 Å². The molecule has 1 unspecified atom stereocenters. The van der Waals surface area contributed by atoms with Crippen LogP contribution in [0.25, 0.3) is 0 Å². The van der Waals surface area contributed by atoms with E-state index in [1.54, 1.807) is 10.9 Å². The molecule has 1 atom stereocenters. The molecule has 3 rings (SSSR count). The summed E-state index contributed by atoms with van der Waals surface area (Å²) >= 11 is 0. The molecule has 0 bridgehead atoms. The van der Waals surface area contributed by atoms with E-state index >= 15 is 0 Å². The lowest BCUT2D eigenvalue weighted by atomic mass is 10.2. The summed E-state index contributed by atoms with van der Waals surface area (Å²) in [4.78, 5) is 25.9. The van der Waals surface area contributed by atoms with E-state index in [2.05, 4.69) is 10.4 Å². The van der Waals surface area contributed by atoms with E-state index in [1.807, 2.05) is 13.1 Å². The van der Waals surface area contributed by atoms with E-state index in [-0.39, 0.29) is 30.3 Å². The number of hydrogen-bond donors (Lipinski definition) is 1. The van der Waals surface area contributed by atoms with Crippen LogP contribution >= 0.6 is 0 Å².